The highest BCUT2D eigenvalue weighted by molar-refractivity contribution is 5.89. The van der Waals surface area contributed by atoms with Crippen LogP contribution in [0.5, 0.6) is 0 Å². The maximum Gasteiger partial charge on any atom is 0.412 e. The monoisotopic (exact) mass is 304 g/mol. The molecule has 1 amide bonds. The summed E-state index contributed by atoms with van der Waals surface area (Å²) >= 11 is 0. The van der Waals surface area contributed by atoms with Crippen molar-refractivity contribution in [2.75, 3.05) is 10.6 Å². The average Bonchev–Trinajstić information content (AvgIpc) is 2.39. The molecule has 1 saturated carbocycles. The molecule has 1 aliphatic rings. The molecule has 4 heteroatoms. The van der Waals surface area contributed by atoms with E-state index in [9.17, 15) is 4.79 Å². The predicted molar refractivity (Wildman–Crippen MR) is 91.3 cm³/mol. The van der Waals surface area contributed by atoms with Crippen LogP contribution in [0.2, 0.25) is 0 Å². The molecule has 0 radical (unpaired) electrons. The van der Waals surface area contributed by atoms with E-state index in [0.717, 1.165) is 17.3 Å². The summed E-state index contributed by atoms with van der Waals surface area (Å²) in [5, 5.41) is 6.42. The lowest BCUT2D eigenvalue weighted by Crippen LogP contribution is -2.29. The minimum Gasteiger partial charge on any atom is -0.444 e. The van der Waals surface area contributed by atoms with Gasteiger partial charge in [0.1, 0.15) is 5.60 Å². The van der Waals surface area contributed by atoms with Gasteiger partial charge in [-0.3, -0.25) is 5.32 Å². The summed E-state index contributed by atoms with van der Waals surface area (Å²) < 4.78 is 5.33. The molecular weight excluding hydrogens is 276 g/mol. The van der Waals surface area contributed by atoms with Crippen LogP contribution in [0.3, 0.4) is 0 Å². The molecule has 2 rings (SSSR count). The van der Waals surface area contributed by atoms with Crippen molar-refractivity contribution in [3.05, 3.63) is 24.3 Å². The van der Waals surface area contributed by atoms with Gasteiger partial charge in [0, 0.05) is 6.04 Å². The topological polar surface area (TPSA) is 50.4 Å². The van der Waals surface area contributed by atoms with Crippen LogP contribution in [0, 0.1) is 5.92 Å². The molecule has 1 fully saturated rings. The molecular formula is C18H28N2O2. The molecule has 0 bridgehead atoms. The van der Waals surface area contributed by atoms with Crippen molar-refractivity contribution in [1.29, 1.82) is 0 Å². The van der Waals surface area contributed by atoms with E-state index in [0.29, 0.717) is 6.04 Å². The van der Waals surface area contributed by atoms with Gasteiger partial charge in [0.25, 0.3) is 0 Å². The maximum atomic E-state index is 12.0. The van der Waals surface area contributed by atoms with Gasteiger partial charge in [-0.25, -0.2) is 4.79 Å². The number of nitrogens with one attached hydrogen (secondary N) is 2. The summed E-state index contributed by atoms with van der Waals surface area (Å²) in [6.07, 6.45) is 4.53. The number of para-hydroxylation sites is 2. The standard InChI is InChI=1S/C18H28N2O2/c1-13-8-7-9-14(12-13)19-15-10-5-6-11-16(15)20-17(21)22-18(2,3)4/h5-6,10-11,13-14,19H,7-9,12H2,1-4H3,(H,20,21). The Labute approximate surface area is 133 Å². The smallest absolute Gasteiger partial charge is 0.412 e. The van der Waals surface area contributed by atoms with Crippen LogP contribution in [-0.4, -0.2) is 17.7 Å². The van der Waals surface area contributed by atoms with Crippen LogP contribution in [-0.2, 0) is 4.74 Å². The maximum absolute atomic E-state index is 12.0. The third-order valence-corrected chi connectivity index (χ3v) is 3.86. The Kier molecular flexibility index (Phi) is 5.33. The van der Waals surface area contributed by atoms with Crippen molar-refractivity contribution in [3.8, 4) is 0 Å². The quantitative estimate of drug-likeness (QED) is 0.824. The first-order valence-corrected chi connectivity index (χ1v) is 8.19. The lowest BCUT2D eigenvalue weighted by atomic mass is 9.87. The van der Waals surface area contributed by atoms with Gasteiger partial charge >= 0.3 is 6.09 Å². The lowest BCUT2D eigenvalue weighted by molar-refractivity contribution is 0.0636. The average molecular weight is 304 g/mol. The molecule has 0 aliphatic heterocycles. The fourth-order valence-electron chi connectivity index (χ4n) is 2.92. The van der Waals surface area contributed by atoms with Gasteiger partial charge in [-0.05, 0) is 51.7 Å². The number of anilines is 2. The highest BCUT2D eigenvalue weighted by atomic mass is 16.6. The van der Waals surface area contributed by atoms with E-state index in [1.807, 2.05) is 45.0 Å². The zero-order chi connectivity index (χ0) is 16.2. The van der Waals surface area contributed by atoms with E-state index in [1.54, 1.807) is 0 Å². The van der Waals surface area contributed by atoms with Gasteiger partial charge in [0.15, 0.2) is 0 Å². The fourth-order valence-corrected chi connectivity index (χ4v) is 2.92. The molecule has 0 heterocycles. The van der Waals surface area contributed by atoms with E-state index in [2.05, 4.69) is 17.6 Å². The molecule has 0 saturated heterocycles. The summed E-state index contributed by atoms with van der Waals surface area (Å²) in [6, 6.07) is 8.28. The summed E-state index contributed by atoms with van der Waals surface area (Å²) in [6.45, 7) is 7.89. The van der Waals surface area contributed by atoms with Crippen molar-refractivity contribution in [1.82, 2.24) is 0 Å². The second kappa shape index (κ2) is 7.03. The number of benzene rings is 1. The zero-order valence-electron chi connectivity index (χ0n) is 14.1. The molecule has 0 aromatic heterocycles. The fraction of sp³-hybridized carbons (Fsp3) is 0.611. The van der Waals surface area contributed by atoms with Gasteiger partial charge < -0.3 is 10.1 Å². The van der Waals surface area contributed by atoms with Crippen molar-refractivity contribution in [3.63, 3.8) is 0 Å². The number of hydrogen-bond acceptors (Lipinski definition) is 3. The Morgan fingerprint density at radius 1 is 1.18 bits per heavy atom. The van der Waals surface area contributed by atoms with E-state index >= 15 is 0 Å². The SMILES string of the molecule is CC1CCCC(Nc2ccccc2NC(=O)OC(C)(C)C)C1. The van der Waals surface area contributed by atoms with Gasteiger partial charge in [-0.15, -0.1) is 0 Å². The van der Waals surface area contributed by atoms with Crippen molar-refractivity contribution in [2.24, 2.45) is 5.92 Å². The second-order valence-electron chi connectivity index (χ2n) is 7.29. The molecule has 1 aromatic rings. The Morgan fingerprint density at radius 2 is 1.86 bits per heavy atom. The first-order chi connectivity index (χ1) is 10.3. The van der Waals surface area contributed by atoms with Gasteiger partial charge in [0.05, 0.1) is 11.4 Å². The first kappa shape index (κ1) is 16.7. The third kappa shape index (κ3) is 5.24. The predicted octanol–water partition coefficient (Wildman–Crippen LogP) is 5.02. The van der Waals surface area contributed by atoms with Crippen LogP contribution in [0.25, 0.3) is 0 Å². The Balaban J connectivity index is 2.02. The number of ether oxygens (including phenoxy) is 1. The zero-order valence-corrected chi connectivity index (χ0v) is 14.1. The number of carbonyl (C=O) groups excluding carboxylic acids is 1. The van der Waals surface area contributed by atoms with Gasteiger partial charge in [0.2, 0.25) is 0 Å². The lowest BCUT2D eigenvalue weighted by Gasteiger charge is -2.29. The number of amides is 1. The molecule has 2 atom stereocenters. The van der Waals surface area contributed by atoms with Gasteiger partial charge in [-0.1, -0.05) is 31.9 Å². The van der Waals surface area contributed by atoms with Crippen LogP contribution < -0.4 is 10.6 Å². The largest absolute Gasteiger partial charge is 0.444 e. The van der Waals surface area contributed by atoms with E-state index < -0.39 is 11.7 Å². The molecule has 2 N–H and O–H groups in total. The summed E-state index contributed by atoms with van der Waals surface area (Å²) in [5.41, 5.74) is 1.24. The van der Waals surface area contributed by atoms with E-state index in [4.69, 9.17) is 4.74 Å². The van der Waals surface area contributed by atoms with Crippen molar-refractivity contribution >= 4 is 17.5 Å². The van der Waals surface area contributed by atoms with Crippen LogP contribution in [0.1, 0.15) is 53.4 Å². The minimum atomic E-state index is -0.495. The normalized spacial score (nSPS) is 22.0. The number of hydrogen-bond donors (Lipinski definition) is 2. The van der Waals surface area contributed by atoms with Crippen LogP contribution >= 0.6 is 0 Å². The Bertz CT molecular complexity index is 508. The molecule has 4 nitrogen and oxygen atoms in total. The highest BCUT2D eigenvalue weighted by Gasteiger charge is 2.20. The third-order valence-electron chi connectivity index (χ3n) is 3.86. The summed E-state index contributed by atoms with van der Waals surface area (Å²) in [5.74, 6) is 0.761. The molecule has 122 valence electrons. The van der Waals surface area contributed by atoms with Crippen molar-refractivity contribution in [2.45, 2.75) is 65.0 Å². The second-order valence-corrected chi connectivity index (χ2v) is 7.29. The van der Waals surface area contributed by atoms with E-state index in [-0.39, 0.29) is 0 Å². The highest BCUT2D eigenvalue weighted by Crippen LogP contribution is 2.29. The van der Waals surface area contributed by atoms with Crippen LogP contribution in [0.4, 0.5) is 16.2 Å². The molecule has 2 unspecified atom stereocenters. The molecule has 0 spiro atoms. The van der Waals surface area contributed by atoms with Crippen molar-refractivity contribution < 1.29 is 9.53 Å². The number of carbonyl (C=O) groups is 1. The Hall–Kier alpha value is -1.71. The first-order valence-electron chi connectivity index (χ1n) is 8.19. The summed E-state index contributed by atoms with van der Waals surface area (Å²) in [4.78, 5) is 12.0. The minimum absolute atomic E-state index is 0.418. The summed E-state index contributed by atoms with van der Waals surface area (Å²) in [7, 11) is 0. The van der Waals surface area contributed by atoms with Crippen LogP contribution in [0.15, 0.2) is 24.3 Å². The van der Waals surface area contributed by atoms with E-state index in [1.165, 1.54) is 25.7 Å². The Morgan fingerprint density at radius 3 is 2.50 bits per heavy atom. The number of rotatable bonds is 3. The molecule has 22 heavy (non-hydrogen) atoms. The molecule has 1 aliphatic carbocycles. The molecule has 1 aromatic carbocycles. The van der Waals surface area contributed by atoms with Gasteiger partial charge in [-0.2, -0.15) is 0 Å².